The van der Waals surface area contributed by atoms with Gasteiger partial charge in [-0.1, -0.05) is 0 Å². The normalized spacial score (nSPS) is 10.8. The minimum atomic E-state index is -0.170. The second-order valence-electron chi connectivity index (χ2n) is 3.53. The standard InChI is InChI=1S/C12H8N2O2Se/c15-8-4-3-5-9-11(8)12(16)14(17-9)10-6-1-2-7-13-10/h1-7,15H. The molecule has 0 saturated heterocycles. The van der Waals surface area contributed by atoms with E-state index < -0.39 is 0 Å². The van der Waals surface area contributed by atoms with Gasteiger partial charge in [-0.25, -0.2) is 0 Å². The van der Waals surface area contributed by atoms with E-state index in [0.717, 1.165) is 4.26 Å². The molecule has 84 valence electrons. The minimum absolute atomic E-state index is 0.0489. The second-order valence-corrected chi connectivity index (χ2v) is 5.60. The monoisotopic (exact) mass is 292 g/mol. The van der Waals surface area contributed by atoms with Crippen LogP contribution in [0.25, 0.3) is 15.5 Å². The maximum absolute atomic E-state index is 12.2. The average Bonchev–Trinajstić information content (AvgIpc) is 2.69. The summed E-state index contributed by atoms with van der Waals surface area (Å²) in [7, 11) is 0. The van der Waals surface area contributed by atoms with E-state index in [2.05, 4.69) is 4.98 Å². The topological polar surface area (TPSA) is 55.1 Å². The third kappa shape index (κ3) is 1.60. The Morgan fingerprint density at radius 3 is 2.76 bits per heavy atom. The van der Waals surface area contributed by atoms with Crippen molar-refractivity contribution in [1.82, 2.24) is 8.55 Å². The van der Waals surface area contributed by atoms with E-state index in [-0.39, 0.29) is 26.0 Å². The van der Waals surface area contributed by atoms with Gasteiger partial charge in [0.2, 0.25) is 0 Å². The molecule has 0 spiro atoms. The van der Waals surface area contributed by atoms with Crippen LogP contribution >= 0.6 is 0 Å². The SMILES string of the molecule is O=c1c2c(O)cccc2[se]n1-c1ccccn1. The maximum atomic E-state index is 12.2. The molecule has 0 atom stereocenters. The number of rotatable bonds is 1. The van der Waals surface area contributed by atoms with Crippen LogP contribution in [-0.2, 0) is 0 Å². The summed E-state index contributed by atoms with van der Waals surface area (Å²) in [5.41, 5.74) is -0.170. The zero-order valence-electron chi connectivity index (χ0n) is 8.70. The van der Waals surface area contributed by atoms with E-state index in [4.69, 9.17) is 0 Å². The van der Waals surface area contributed by atoms with Crippen molar-refractivity contribution in [2.75, 3.05) is 0 Å². The Morgan fingerprint density at radius 1 is 1.18 bits per heavy atom. The Morgan fingerprint density at radius 2 is 2.06 bits per heavy atom. The molecular weight excluding hydrogens is 283 g/mol. The first kappa shape index (κ1) is 10.3. The molecule has 4 nitrogen and oxygen atoms in total. The summed E-state index contributed by atoms with van der Waals surface area (Å²) in [6.07, 6.45) is 1.65. The van der Waals surface area contributed by atoms with E-state index in [1.807, 2.05) is 18.2 Å². The van der Waals surface area contributed by atoms with E-state index in [0.29, 0.717) is 11.2 Å². The van der Waals surface area contributed by atoms with Gasteiger partial charge in [-0.3, -0.25) is 0 Å². The Labute approximate surface area is 103 Å². The van der Waals surface area contributed by atoms with Gasteiger partial charge in [0.1, 0.15) is 0 Å². The number of phenolic OH excluding ortho intramolecular Hbond substituents is 1. The fourth-order valence-electron chi connectivity index (χ4n) is 1.68. The first-order valence-electron chi connectivity index (χ1n) is 5.03. The Balaban J connectivity index is 2.37. The van der Waals surface area contributed by atoms with Crippen LogP contribution in [0.5, 0.6) is 5.75 Å². The summed E-state index contributed by atoms with van der Waals surface area (Å²) in [6.45, 7) is 0. The number of aromatic nitrogens is 2. The van der Waals surface area contributed by atoms with Crippen molar-refractivity contribution in [1.29, 1.82) is 0 Å². The first-order chi connectivity index (χ1) is 8.27. The van der Waals surface area contributed by atoms with Crippen molar-refractivity contribution in [3.05, 3.63) is 52.9 Å². The third-order valence-corrected chi connectivity index (χ3v) is 4.70. The molecule has 2 heterocycles. The van der Waals surface area contributed by atoms with Gasteiger partial charge in [0, 0.05) is 0 Å². The van der Waals surface area contributed by atoms with Gasteiger partial charge >= 0.3 is 103 Å². The van der Waals surface area contributed by atoms with E-state index >= 15 is 0 Å². The number of phenols is 1. The van der Waals surface area contributed by atoms with Crippen LogP contribution in [0, 0.1) is 0 Å². The van der Waals surface area contributed by atoms with Crippen molar-refractivity contribution in [2.24, 2.45) is 0 Å². The molecule has 0 unspecified atom stereocenters. The second kappa shape index (κ2) is 3.87. The molecular formula is C12H8N2O2Se. The van der Waals surface area contributed by atoms with Crippen LogP contribution in [0.15, 0.2) is 47.4 Å². The van der Waals surface area contributed by atoms with Crippen LogP contribution in [0.4, 0.5) is 0 Å². The molecule has 0 aliphatic heterocycles. The molecule has 1 aromatic carbocycles. The van der Waals surface area contributed by atoms with Crippen molar-refractivity contribution >= 4 is 24.4 Å². The summed E-state index contributed by atoms with van der Waals surface area (Å²) < 4.78 is 2.52. The van der Waals surface area contributed by atoms with Crippen LogP contribution in [0.1, 0.15) is 0 Å². The molecule has 0 radical (unpaired) electrons. The average molecular weight is 291 g/mol. The molecule has 0 saturated carbocycles. The number of hydrogen-bond acceptors (Lipinski definition) is 3. The summed E-state index contributed by atoms with van der Waals surface area (Å²) in [6, 6.07) is 10.6. The van der Waals surface area contributed by atoms with Gasteiger partial charge in [0.25, 0.3) is 0 Å². The van der Waals surface area contributed by atoms with Gasteiger partial charge in [0.15, 0.2) is 0 Å². The number of benzene rings is 1. The molecule has 3 rings (SSSR count). The fraction of sp³-hybridized carbons (Fsp3) is 0. The van der Waals surface area contributed by atoms with E-state index in [9.17, 15) is 9.90 Å². The predicted octanol–water partition coefficient (Wildman–Crippen LogP) is 1.15. The van der Waals surface area contributed by atoms with Gasteiger partial charge in [0.05, 0.1) is 0 Å². The summed E-state index contributed by atoms with van der Waals surface area (Å²) >= 11 is -0.153. The Bertz CT molecular complexity index is 731. The van der Waals surface area contributed by atoms with Gasteiger partial charge < -0.3 is 0 Å². The van der Waals surface area contributed by atoms with Crippen LogP contribution in [0.3, 0.4) is 0 Å². The molecule has 1 N–H and O–H groups in total. The molecule has 0 amide bonds. The molecule has 0 fully saturated rings. The van der Waals surface area contributed by atoms with Crippen molar-refractivity contribution in [2.45, 2.75) is 0 Å². The van der Waals surface area contributed by atoms with Crippen molar-refractivity contribution in [3.63, 3.8) is 0 Å². The van der Waals surface area contributed by atoms with Crippen LogP contribution in [0.2, 0.25) is 0 Å². The molecule has 0 aliphatic rings. The Hall–Kier alpha value is -1.84. The quantitative estimate of drug-likeness (QED) is 0.684. The number of fused-ring (bicyclic) bond motifs is 1. The van der Waals surface area contributed by atoms with Crippen molar-refractivity contribution in [3.8, 4) is 11.6 Å². The van der Waals surface area contributed by atoms with Crippen molar-refractivity contribution < 1.29 is 5.11 Å². The zero-order valence-corrected chi connectivity index (χ0v) is 10.4. The summed E-state index contributed by atoms with van der Waals surface area (Å²) in [4.78, 5) is 16.3. The number of hydrogen-bond donors (Lipinski definition) is 1. The number of pyridine rings is 1. The zero-order chi connectivity index (χ0) is 11.8. The fourth-order valence-corrected chi connectivity index (χ4v) is 3.76. The molecule has 0 bridgehead atoms. The predicted molar refractivity (Wildman–Crippen MR) is 65.9 cm³/mol. The van der Waals surface area contributed by atoms with Gasteiger partial charge in [-0.15, -0.1) is 0 Å². The van der Waals surface area contributed by atoms with Gasteiger partial charge in [-0.05, 0) is 0 Å². The molecule has 3 aromatic rings. The first-order valence-corrected chi connectivity index (χ1v) is 6.65. The number of nitrogens with zero attached hydrogens (tertiary/aromatic N) is 2. The molecule has 0 aliphatic carbocycles. The van der Waals surface area contributed by atoms with Crippen LogP contribution in [-0.4, -0.2) is 28.4 Å². The summed E-state index contributed by atoms with van der Waals surface area (Å²) in [5.74, 6) is 0.681. The molecule has 17 heavy (non-hydrogen) atoms. The van der Waals surface area contributed by atoms with Gasteiger partial charge in [-0.2, -0.15) is 0 Å². The Kier molecular flexibility index (Phi) is 2.35. The van der Waals surface area contributed by atoms with E-state index in [1.165, 1.54) is 6.07 Å². The third-order valence-electron chi connectivity index (χ3n) is 2.45. The van der Waals surface area contributed by atoms with Crippen LogP contribution < -0.4 is 5.56 Å². The summed E-state index contributed by atoms with van der Waals surface area (Å²) in [5, 5.41) is 10.1. The molecule has 2 aromatic heterocycles. The molecule has 5 heteroatoms. The number of aromatic hydroxyl groups is 1. The van der Waals surface area contributed by atoms with E-state index in [1.54, 1.807) is 21.9 Å².